The first-order valence-corrected chi connectivity index (χ1v) is 9.42. The Morgan fingerprint density at radius 2 is 2.13 bits per heavy atom. The largest absolute Gasteiger partial charge is 0.467 e. The Kier molecular flexibility index (Phi) is 6.16. The van der Waals surface area contributed by atoms with Crippen molar-refractivity contribution in [3.05, 3.63) is 51.9 Å². The Labute approximate surface area is 175 Å². The summed E-state index contributed by atoms with van der Waals surface area (Å²) in [6, 6.07) is 2.45. The molecule has 2 aromatic rings. The minimum atomic E-state index is -4.51. The van der Waals surface area contributed by atoms with E-state index in [4.69, 9.17) is 11.6 Å². The molecule has 0 aliphatic carbocycles. The summed E-state index contributed by atoms with van der Waals surface area (Å²) in [5.74, 6) is -1.00. The van der Waals surface area contributed by atoms with Crippen LogP contribution in [0, 0.1) is 0 Å². The van der Waals surface area contributed by atoms with Gasteiger partial charge in [-0.1, -0.05) is 11.6 Å². The van der Waals surface area contributed by atoms with E-state index >= 15 is 0 Å². The normalized spacial score (nSPS) is 14.5. The van der Waals surface area contributed by atoms with Crippen molar-refractivity contribution >= 4 is 23.4 Å². The molecule has 160 valence electrons. The molecule has 1 aliphatic rings. The lowest BCUT2D eigenvalue weighted by molar-refractivity contribution is -0.154. The number of carbonyl (C=O) groups excluding carboxylic acids is 2. The predicted octanol–water partition coefficient (Wildman–Crippen LogP) is 3.54. The smallest absolute Gasteiger partial charge is 0.422 e. The van der Waals surface area contributed by atoms with E-state index in [0.29, 0.717) is 23.2 Å². The number of fused-ring (bicyclic) bond motifs is 1. The first-order valence-electron chi connectivity index (χ1n) is 9.04. The van der Waals surface area contributed by atoms with Crippen molar-refractivity contribution in [2.75, 3.05) is 13.2 Å². The molecule has 1 aliphatic heterocycles. The van der Waals surface area contributed by atoms with Crippen LogP contribution >= 0.6 is 11.6 Å². The summed E-state index contributed by atoms with van der Waals surface area (Å²) in [4.78, 5) is 34.6. The monoisotopic (exact) mass is 442 g/mol. The first kappa shape index (κ1) is 21.8. The molecule has 30 heavy (non-hydrogen) atoms. The lowest BCUT2D eigenvalue weighted by Crippen LogP contribution is -2.28. The maximum Gasteiger partial charge on any atom is 0.422 e. The van der Waals surface area contributed by atoms with Crippen LogP contribution in [-0.4, -0.2) is 46.0 Å². The van der Waals surface area contributed by atoms with E-state index < -0.39 is 18.8 Å². The van der Waals surface area contributed by atoms with Crippen molar-refractivity contribution in [1.82, 2.24) is 20.2 Å². The minimum absolute atomic E-state index is 0.0996. The molecule has 11 heteroatoms. The highest BCUT2D eigenvalue weighted by Crippen LogP contribution is 2.34. The number of pyridine rings is 2. The molecule has 7 nitrogen and oxygen atoms in total. The number of halogens is 4. The van der Waals surface area contributed by atoms with Gasteiger partial charge in [0, 0.05) is 36.6 Å². The number of ether oxygens (including phenoxy) is 1. The third-order valence-electron chi connectivity index (χ3n) is 4.58. The van der Waals surface area contributed by atoms with Crippen molar-refractivity contribution in [1.29, 1.82) is 0 Å². The van der Waals surface area contributed by atoms with Crippen LogP contribution in [0.4, 0.5) is 13.2 Å². The highest BCUT2D eigenvalue weighted by molar-refractivity contribution is 6.31. The van der Waals surface area contributed by atoms with Crippen LogP contribution in [-0.2, 0) is 6.54 Å². The Morgan fingerprint density at radius 3 is 2.77 bits per heavy atom. The molecule has 0 saturated carbocycles. The van der Waals surface area contributed by atoms with Crippen LogP contribution in [0.15, 0.2) is 24.5 Å². The van der Waals surface area contributed by atoms with E-state index in [1.54, 1.807) is 19.9 Å². The molecule has 3 rings (SSSR count). The molecular weight excluding hydrogens is 425 g/mol. The van der Waals surface area contributed by atoms with Crippen LogP contribution < -0.4 is 10.1 Å². The average Bonchev–Trinajstić information content (AvgIpc) is 3.02. The molecule has 0 aromatic carbocycles. The molecule has 3 heterocycles. The van der Waals surface area contributed by atoms with Gasteiger partial charge in [-0.3, -0.25) is 14.6 Å². The van der Waals surface area contributed by atoms with Gasteiger partial charge in [-0.05, 0) is 31.5 Å². The molecule has 2 aromatic heterocycles. The molecule has 0 fully saturated rings. The molecule has 1 unspecified atom stereocenters. The Balaban J connectivity index is 1.81. The summed E-state index contributed by atoms with van der Waals surface area (Å²) in [5.41, 5.74) is 1.59. The van der Waals surface area contributed by atoms with Crippen molar-refractivity contribution in [2.45, 2.75) is 32.6 Å². The lowest BCUT2D eigenvalue weighted by Gasteiger charge is -2.25. The molecule has 0 radical (unpaired) electrons. The van der Waals surface area contributed by atoms with Gasteiger partial charge in [0.05, 0.1) is 6.04 Å². The predicted molar refractivity (Wildman–Crippen MR) is 101 cm³/mol. The fourth-order valence-electron chi connectivity index (χ4n) is 3.11. The molecular formula is C19H18ClF3N4O3. The number of hydrogen-bond acceptors (Lipinski definition) is 5. The van der Waals surface area contributed by atoms with Gasteiger partial charge in [-0.15, -0.1) is 0 Å². The first-order chi connectivity index (χ1) is 14.1. The van der Waals surface area contributed by atoms with Crippen LogP contribution in [0.2, 0.25) is 5.02 Å². The van der Waals surface area contributed by atoms with E-state index in [1.807, 2.05) is 0 Å². The molecule has 1 atom stereocenters. The van der Waals surface area contributed by atoms with E-state index in [0.717, 1.165) is 0 Å². The molecule has 2 amide bonds. The fourth-order valence-corrected chi connectivity index (χ4v) is 3.34. The zero-order valence-electron chi connectivity index (χ0n) is 16.1. The minimum Gasteiger partial charge on any atom is -0.467 e. The van der Waals surface area contributed by atoms with Gasteiger partial charge in [0.2, 0.25) is 5.88 Å². The Bertz CT molecular complexity index is 984. The Morgan fingerprint density at radius 1 is 1.40 bits per heavy atom. The second-order valence-electron chi connectivity index (χ2n) is 6.61. The van der Waals surface area contributed by atoms with Crippen molar-refractivity contribution in [3.63, 3.8) is 0 Å². The van der Waals surface area contributed by atoms with Crippen molar-refractivity contribution < 1.29 is 27.5 Å². The fraction of sp³-hybridized carbons (Fsp3) is 0.368. The zero-order valence-corrected chi connectivity index (χ0v) is 16.8. The number of amides is 2. The number of nitrogens with one attached hydrogen (secondary N) is 1. The number of carbonyl (C=O) groups is 2. The number of hydrogen-bond donors (Lipinski definition) is 1. The van der Waals surface area contributed by atoms with Crippen LogP contribution in [0.1, 0.15) is 51.9 Å². The van der Waals surface area contributed by atoms with Crippen LogP contribution in [0.25, 0.3) is 0 Å². The second kappa shape index (κ2) is 8.47. The van der Waals surface area contributed by atoms with Crippen LogP contribution in [0.3, 0.4) is 0 Å². The summed E-state index contributed by atoms with van der Waals surface area (Å²) in [7, 11) is 0. The van der Waals surface area contributed by atoms with Gasteiger partial charge in [-0.25, -0.2) is 4.98 Å². The quantitative estimate of drug-likeness (QED) is 0.739. The Hall–Kier alpha value is -2.88. The van der Waals surface area contributed by atoms with Gasteiger partial charge >= 0.3 is 6.18 Å². The third-order valence-corrected chi connectivity index (χ3v) is 4.85. The van der Waals surface area contributed by atoms with E-state index in [9.17, 15) is 22.8 Å². The highest BCUT2D eigenvalue weighted by atomic mass is 35.5. The van der Waals surface area contributed by atoms with Crippen molar-refractivity contribution in [2.24, 2.45) is 0 Å². The summed E-state index contributed by atoms with van der Waals surface area (Å²) in [6.45, 7) is 2.57. The van der Waals surface area contributed by atoms with Gasteiger partial charge in [0.25, 0.3) is 11.8 Å². The number of aromatic nitrogens is 2. The third kappa shape index (κ3) is 4.48. The van der Waals surface area contributed by atoms with Gasteiger partial charge in [-0.2, -0.15) is 13.2 Å². The number of alkyl halides is 3. The average molecular weight is 443 g/mol. The van der Waals surface area contributed by atoms with Gasteiger partial charge < -0.3 is 15.0 Å². The van der Waals surface area contributed by atoms with Gasteiger partial charge in [0.15, 0.2) is 6.61 Å². The highest BCUT2D eigenvalue weighted by Gasteiger charge is 2.35. The van der Waals surface area contributed by atoms with Crippen LogP contribution in [0.5, 0.6) is 5.88 Å². The summed E-state index contributed by atoms with van der Waals surface area (Å²) in [5, 5.41) is 2.57. The summed E-state index contributed by atoms with van der Waals surface area (Å²) >= 11 is 6.01. The van der Waals surface area contributed by atoms with E-state index in [1.165, 1.54) is 23.4 Å². The second-order valence-corrected chi connectivity index (χ2v) is 7.02. The number of rotatable bonds is 6. The van der Waals surface area contributed by atoms with Crippen molar-refractivity contribution in [3.8, 4) is 5.88 Å². The SMILES string of the molecule is CCNC(=O)c1nccc2c1CN(C(C)c1cnc(OCC(F)(F)F)c(Cl)c1)C2=O. The van der Waals surface area contributed by atoms with Gasteiger partial charge in [0.1, 0.15) is 10.7 Å². The van der Waals surface area contributed by atoms with E-state index in [2.05, 4.69) is 20.0 Å². The zero-order chi connectivity index (χ0) is 22.1. The number of nitrogens with zero attached hydrogens (tertiary/aromatic N) is 3. The maximum atomic E-state index is 12.9. The summed E-state index contributed by atoms with van der Waals surface area (Å²) < 4.78 is 41.6. The topological polar surface area (TPSA) is 84.4 Å². The summed E-state index contributed by atoms with van der Waals surface area (Å²) in [6.07, 6.45) is -1.80. The molecule has 0 saturated heterocycles. The lowest BCUT2D eigenvalue weighted by atomic mass is 10.1. The molecule has 0 bridgehead atoms. The van der Waals surface area contributed by atoms with E-state index in [-0.39, 0.29) is 35.0 Å². The maximum absolute atomic E-state index is 12.9. The standard InChI is InChI=1S/C19H18ClF3N4O3/c1-3-24-16(28)15-13-8-27(18(29)12(13)4-5-25-15)10(2)11-6-14(20)17(26-7-11)30-9-19(21,22)23/h4-7,10H,3,8-9H2,1-2H3,(H,24,28). The molecule has 1 N–H and O–H groups in total. The molecule has 0 spiro atoms.